The molecule has 0 saturated carbocycles. The fourth-order valence-electron chi connectivity index (χ4n) is 2.27. The molecule has 0 aromatic heterocycles. The van der Waals surface area contributed by atoms with E-state index in [1.807, 2.05) is 24.8 Å². The lowest BCUT2D eigenvalue weighted by atomic mass is 10.1. The number of benzene rings is 1. The number of nitrogens with one attached hydrogen (secondary N) is 1. The SMILES string of the molecule is COc1ccc(C)cc1C(=O)NCC(F)=C1CCSCC1. The van der Waals surface area contributed by atoms with Gasteiger partial charge in [-0.2, -0.15) is 11.8 Å². The third-order valence-corrected chi connectivity index (χ3v) is 4.47. The maximum atomic E-state index is 14.1. The van der Waals surface area contributed by atoms with E-state index < -0.39 is 0 Å². The van der Waals surface area contributed by atoms with Crippen molar-refractivity contribution in [2.45, 2.75) is 19.8 Å². The fourth-order valence-corrected chi connectivity index (χ4v) is 3.25. The molecule has 5 heteroatoms. The van der Waals surface area contributed by atoms with Crippen molar-refractivity contribution in [3.8, 4) is 5.75 Å². The highest BCUT2D eigenvalue weighted by Gasteiger charge is 2.15. The Hall–Kier alpha value is -1.49. The minimum atomic E-state index is -0.309. The van der Waals surface area contributed by atoms with Crippen molar-refractivity contribution < 1.29 is 13.9 Å². The molecule has 1 aliphatic heterocycles. The van der Waals surface area contributed by atoms with Gasteiger partial charge in [0.1, 0.15) is 11.6 Å². The van der Waals surface area contributed by atoms with Crippen LogP contribution in [0, 0.1) is 6.92 Å². The number of methoxy groups -OCH3 is 1. The molecule has 1 N–H and O–H groups in total. The van der Waals surface area contributed by atoms with Crippen LogP contribution in [0.5, 0.6) is 5.75 Å². The largest absolute Gasteiger partial charge is 0.496 e. The zero-order valence-electron chi connectivity index (χ0n) is 12.4. The number of thioether (sulfide) groups is 1. The van der Waals surface area contributed by atoms with Gasteiger partial charge in [0.2, 0.25) is 0 Å². The lowest BCUT2D eigenvalue weighted by Gasteiger charge is -2.15. The van der Waals surface area contributed by atoms with Crippen molar-refractivity contribution >= 4 is 17.7 Å². The van der Waals surface area contributed by atoms with E-state index >= 15 is 0 Å². The zero-order valence-corrected chi connectivity index (χ0v) is 13.2. The van der Waals surface area contributed by atoms with Crippen LogP contribution in [0.2, 0.25) is 0 Å². The highest BCUT2D eigenvalue weighted by Crippen LogP contribution is 2.25. The number of allylic oxidation sites excluding steroid dienone is 1. The first-order valence-corrected chi connectivity index (χ1v) is 8.14. The van der Waals surface area contributed by atoms with Gasteiger partial charge in [0.15, 0.2) is 0 Å². The number of amides is 1. The van der Waals surface area contributed by atoms with Gasteiger partial charge in [0.05, 0.1) is 19.2 Å². The molecule has 1 aromatic carbocycles. The van der Waals surface area contributed by atoms with Crippen molar-refractivity contribution in [3.05, 3.63) is 40.7 Å². The lowest BCUT2D eigenvalue weighted by molar-refractivity contribution is 0.0951. The van der Waals surface area contributed by atoms with E-state index in [0.717, 1.165) is 35.5 Å². The Labute approximate surface area is 128 Å². The van der Waals surface area contributed by atoms with E-state index in [9.17, 15) is 9.18 Å². The standard InChI is InChI=1S/C16H20FNO2S/c1-11-3-4-15(20-2)13(9-11)16(19)18-10-14(17)12-5-7-21-8-6-12/h3-4,9H,5-8,10H2,1-2H3,(H,18,19). The van der Waals surface area contributed by atoms with Gasteiger partial charge < -0.3 is 10.1 Å². The Morgan fingerprint density at radius 2 is 2.10 bits per heavy atom. The van der Waals surface area contributed by atoms with Crippen molar-refractivity contribution in [2.24, 2.45) is 0 Å². The molecule has 2 rings (SSSR count). The maximum absolute atomic E-state index is 14.1. The normalized spacial score (nSPS) is 14.7. The predicted octanol–water partition coefficient (Wildman–Crippen LogP) is 3.48. The van der Waals surface area contributed by atoms with Crippen LogP contribution >= 0.6 is 11.8 Å². The van der Waals surface area contributed by atoms with Gasteiger partial charge in [-0.15, -0.1) is 0 Å². The molecule has 1 aliphatic rings. The molecule has 1 amide bonds. The summed E-state index contributed by atoms with van der Waals surface area (Å²) in [6.45, 7) is 1.86. The minimum absolute atomic E-state index is 0.0457. The van der Waals surface area contributed by atoms with E-state index in [2.05, 4.69) is 5.32 Å². The average Bonchev–Trinajstić information content (AvgIpc) is 2.53. The summed E-state index contributed by atoms with van der Waals surface area (Å²) in [6, 6.07) is 5.37. The average molecular weight is 309 g/mol. The van der Waals surface area contributed by atoms with Crippen LogP contribution in [0.3, 0.4) is 0 Å². The first-order valence-electron chi connectivity index (χ1n) is 6.99. The molecule has 1 saturated heterocycles. The third-order valence-electron chi connectivity index (χ3n) is 3.48. The van der Waals surface area contributed by atoms with Crippen LogP contribution in [-0.2, 0) is 0 Å². The maximum Gasteiger partial charge on any atom is 0.255 e. The van der Waals surface area contributed by atoms with Crippen LogP contribution < -0.4 is 10.1 Å². The fraction of sp³-hybridized carbons (Fsp3) is 0.438. The van der Waals surface area contributed by atoms with E-state index in [1.165, 1.54) is 7.11 Å². The number of carbonyl (C=O) groups is 1. The van der Waals surface area contributed by atoms with E-state index in [1.54, 1.807) is 12.1 Å². The Morgan fingerprint density at radius 3 is 2.76 bits per heavy atom. The molecular formula is C16H20FNO2S. The minimum Gasteiger partial charge on any atom is -0.496 e. The molecule has 21 heavy (non-hydrogen) atoms. The zero-order chi connectivity index (χ0) is 15.2. The van der Waals surface area contributed by atoms with E-state index in [4.69, 9.17) is 4.74 Å². The first kappa shape index (κ1) is 15.9. The Kier molecular flexibility index (Phi) is 5.67. The van der Waals surface area contributed by atoms with Crippen molar-refractivity contribution in [1.29, 1.82) is 0 Å². The summed E-state index contributed by atoms with van der Waals surface area (Å²) in [7, 11) is 1.52. The molecule has 1 fully saturated rings. The number of hydrogen-bond acceptors (Lipinski definition) is 3. The number of rotatable bonds is 4. The van der Waals surface area contributed by atoms with Gasteiger partial charge in [-0.25, -0.2) is 4.39 Å². The smallest absolute Gasteiger partial charge is 0.255 e. The molecule has 0 atom stereocenters. The molecule has 3 nitrogen and oxygen atoms in total. The van der Waals surface area contributed by atoms with Crippen LogP contribution in [0.25, 0.3) is 0 Å². The van der Waals surface area contributed by atoms with Crippen molar-refractivity contribution in [2.75, 3.05) is 25.2 Å². The van der Waals surface area contributed by atoms with Crippen LogP contribution in [-0.4, -0.2) is 31.1 Å². The van der Waals surface area contributed by atoms with Gasteiger partial charge >= 0.3 is 0 Å². The summed E-state index contributed by atoms with van der Waals surface area (Å²) in [4.78, 5) is 12.2. The van der Waals surface area contributed by atoms with Gasteiger partial charge in [0, 0.05) is 0 Å². The lowest BCUT2D eigenvalue weighted by Crippen LogP contribution is -2.26. The van der Waals surface area contributed by atoms with Gasteiger partial charge in [-0.05, 0) is 49.0 Å². The van der Waals surface area contributed by atoms with Gasteiger partial charge in [-0.3, -0.25) is 4.79 Å². The Bertz CT molecular complexity index is 549. The summed E-state index contributed by atoms with van der Waals surface area (Å²) in [5.41, 5.74) is 2.24. The molecule has 0 aliphatic carbocycles. The monoisotopic (exact) mass is 309 g/mol. The Morgan fingerprint density at radius 1 is 1.38 bits per heavy atom. The van der Waals surface area contributed by atoms with Crippen LogP contribution in [0.4, 0.5) is 4.39 Å². The molecule has 1 aromatic rings. The second-order valence-electron chi connectivity index (χ2n) is 5.01. The van der Waals surface area contributed by atoms with E-state index in [0.29, 0.717) is 11.3 Å². The topological polar surface area (TPSA) is 38.3 Å². The molecule has 0 spiro atoms. The number of hydrogen-bond donors (Lipinski definition) is 1. The molecule has 114 valence electrons. The summed E-state index contributed by atoms with van der Waals surface area (Å²) in [5.74, 6) is 1.91. The van der Waals surface area contributed by atoms with Crippen molar-refractivity contribution in [3.63, 3.8) is 0 Å². The van der Waals surface area contributed by atoms with Crippen LogP contribution in [0.1, 0.15) is 28.8 Å². The predicted molar refractivity (Wildman–Crippen MR) is 84.8 cm³/mol. The summed E-state index contributed by atoms with van der Waals surface area (Å²) < 4.78 is 19.2. The molecule has 0 radical (unpaired) electrons. The number of halogens is 1. The summed E-state index contributed by atoms with van der Waals surface area (Å²) in [6.07, 6.45) is 1.56. The highest BCUT2D eigenvalue weighted by atomic mass is 32.2. The van der Waals surface area contributed by atoms with Crippen molar-refractivity contribution in [1.82, 2.24) is 5.32 Å². The first-order chi connectivity index (χ1) is 10.1. The third kappa shape index (κ3) is 4.24. The Balaban J connectivity index is 2.03. The van der Waals surface area contributed by atoms with Gasteiger partial charge in [-0.1, -0.05) is 11.6 Å². The molecular weight excluding hydrogens is 289 g/mol. The highest BCUT2D eigenvalue weighted by molar-refractivity contribution is 7.99. The molecule has 1 heterocycles. The second kappa shape index (κ2) is 7.50. The number of ether oxygens (including phenoxy) is 1. The summed E-state index contributed by atoms with van der Waals surface area (Å²) in [5, 5.41) is 2.64. The van der Waals surface area contributed by atoms with Gasteiger partial charge in [0.25, 0.3) is 5.91 Å². The molecule has 0 bridgehead atoms. The number of aryl methyl sites for hydroxylation is 1. The van der Waals surface area contributed by atoms with Crippen LogP contribution in [0.15, 0.2) is 29.6 Å². The quantitative estimate of drug-likeness (QED) is 0.925. The number of carbonyl (C=O) groups excluding carboxylic acids is 1. The molecule has 0 unspecified atom stereocenters. The summed E-state index contributed by atoms with van der Waals surface area (Å²) >= 11 is 1.84. The van der Waals surface area contributed by atoms with E-state index in [-0.39, 0.29) is 18.3 Å². The second-order valence-corrected chi connectivity index (χ2v) is 6.23.